The Morgan fingerprint density at radius 2 is 1.89 bits per heavy atom. The molecule has 1 unspecified atom stereocenters. The summed E-state index contributed by atoms with van der Waals surface area (Å²) in [5.41, 5.74) is 1.58. The van der Waals surface area contributed by atoms with Crippen LogP contribution >= 0.6 is 34.5 Å². The SMILES string of the molecule is COC(CC(C)(C)C)c1cccc(-c2csc(NC(=O)c3cc(Cl)c(/C=C(\C)C(=O)O)c(Cl)c3)n2)c1F. The first-order chi connectivity index (χ1) is 17.3. The third kappa shape index (κ3) is 7.17. The summed E-state index contributed by atoms with van der Waals surface area (Å²) in [7, 11) is 1.56. The summed E-state index contributed by atoms with van der Waals surface area (Å²) >= 11 is 13.7. The van der Waals surface area contributed by atoms with Crippen LogP contribution in [0.4, 0.5) is 9.52 Å². The van der Waals surface area contributed by atoms with Crippen molar-refractivity contribution in [1.29, 1.82) is 0 Å². The topological polar surface area (TPSA) is 88.5 Å². The van der Waals surface area contributed by atoms with Crippen LogP contribution in [0.2, 0.25) is 10.0 Å². The number of aliphatic carboxylic acids is 1. The number of anilines is 1. The maximum atomic E-state index is 15.5. The first-order valence-corrected chi connectivity index (χ1v) is 12.9. The molecule has 1 aromatic heterocycles. The molecule has 10 heteroatoms. The van der Waals surface area contributed by atoms with Crippen LogP contribution in [0.15, 0.2) is 41.3 Å². The zero-order chi connectivity index (χ0) is 27.5. The van der Waals surface area contributed by atoms with Crippen molar-refractivity contribution < 1.29 is 23.8 Å². The van der Waals surface area contributed by atoms with Crippen LogP contribution in [-0.2, 0) is 9.53 Å². The Kier molecular flexibility index (Phi) is 9.13. The highest BCUT2D eigenvalue weighted by atomic mass is 35.5. The molecule has 0 radical (unpaired) electrons. The number of carboxylic acid groups (broad SMARTS) is 1. The van der Waals surface area contributed by atoms with Crippen LogP contribution in [0.3, 0.4) is 0 Å². The number of halogens is 3. The van der Waals surface area contributed by atoms with E-state index in [0.717, 1.165) is 11.3 Å². The number of rotatable bonds is 8. The molecule has 1 atom stereocenters. The zero-order valence-corrected chi connectivity index (χ0v) is 23.3. The van der Waals surface area contributed by atoms with Gasteiger partial charge in [-0.15, -0.1) is 11.3 Å². The predicted octanol–water partition coefficient (Wildman–Crippen LogP) is 8.12. The van der Waals surface area contributed by atoms with E-state index in [9.17, 15) is 9.59 Å². The van der Waals surface area contributed by atoms with E-state index in [-0.39, 0.29) is 31.7 Å². The molecule has 0 aliphatic heterocycles. The summed E-state index contributed by atoms with van der Waals surface area (Å²) in [6.45, 7) is 7.61. The molecule has 0 aliphatic carbocycles. The molecular formula is C27H27Cl2FN2O4S. The van der Waals surface area contributed by atoms with Gasteiger partial charge in [-0.2, -0.15) is 0 Å². The van der Waals surface area contributed by atoms with Gasteiger partial charge in [-0.05, 0) is 43.0 Å². The average molecular weight is 565 g/mol. The summed E-state index contributed by atoms with van der Waals surface area (Å²) in [5.74, 6) is -2.04. The Morgan fingerprint density at radius 1 is 1.24 bits per heavy atom. The third-order valence-electron chi connectivity index (χ3n) is 5.50. The number of carbonyl (C=O) groups is 2. The van der Waals surface area contributed by atoms with Gasteiger partial charge in [0.2, 0.25) is 0 Å². The van der Waals surface area contributed by atoms with Gasteiger partial charge in [0.15, 0.2) is 5.13 Å². The van der Waals surface area contributed by atoms with E-state index in [4.69, 9.17) is 33.0 Å². The minimum absolute atomic E-state index is 0.0443. The molecule has 0 spiro atoms. The van der Waals surface area contributed by atoms with Crippen molar-refractivity contribution in [2.45, 2.75) is 40.2 Å². The van der Waals surface area contributed by atoms with Gasteiger partial charge in [-0.1, -0.05) is 56.1 Å². The smallest absolute Gasteiger partial charge is 0.331 e. The molecule has 1 heterocycles. The molecule has 3 aromatic rings. The van der Waals surface area contributed by atoms with Gasteiger partial charge >= 0.3 is 5.97 Å². The molecular weight excluding hydrogens is 538 g/mol. The van der Waals surface area contributed by atoms with Gasteiger partial charge < -0.3 is 9.84 Å². The van der Waals surface area contributed by atoms with Gasteiger partial charge in [-0.25, -0.2) is 14.2 Å². The monoisotopic (exact) mass is 564 g/mol. The Morgan fingerprint density at radius 3 is 2.46 bits per heavy atom. The third-order valence-corrected chi connectivity index (χ3v) is 6.88. The lowest BCUT2D eigenvalue weighted by molar-refractivity contribution is -0.132. The highest BCUT2D eigenvalue weighted by Crippen LogP contribution is 2.36. The first-order valence-electron chi connectivity index (χ1n) is 11.3. The van der Waals surface area contributed by atoms with E-state index in [1.807, 2.05) is 0 Å². The summed E-state index contributed by atoms with van der Waals surface area (Å²) in [6, 6.07) is 7.88. The second-order valence-electron chi connectivity index (χ2n) is 9.68. The molecule has 196 valence electrons. The molecule has 0 bridgehead atoms. The molecule has 0 saturated carbocycles. The lowest BCUT2D eigenvalue weighted by Crippen LogP contribution is -2.15. The number of hydrogen-bond donors (Lipinski definition) is 2. The number of amides is 1. The number of nitrogens with zero attached hydrogens (tertiary/aromatic N) is 1. The fraction of sp³-hybridized carbons (Fsp3) is 0.296. The van der Waals surface area contributed by atoms with Crippen molar-refractivity contribution >= 4 is 57.6 Å². The van der Waals surface area contributed by atoms with Crippen molar-refractivity contribution in [1.82, 2.24) is 4.98 Å². The highest BCUT2D eigenvalue weighted by molar-refractivity contribution is 7.14. The van der Waals surface area contributed by atoms with E-state index >= 15 is 4.39 Å². The van der Waals surface area contributed by atoms with Crippen LogP contribution < -0.4 is 5.32 Å². The number of aromatic nitrogens is 1. The van der Waals surface area contributed by atoms with Gasteiger partial charge in [0, 0.05) is 40.3 Å². The normalized spacial score (nSPS) is 12.9. The molecule has 2 N–H and O–H groups in total. The van der Waals surface area contributed by atoms with Crippen molar-refractivity contribution in [3.63, 3.8) is 0 Å². The Balaban J connectivity index is 1.84. The van der Waals surface area contributed by atoms with Gasteiger partial charge in [-0.3, -0.25) is 10.1 Å². The lowest BCUT2D eigenvalue weighted by atomic mass is 9.86. The van der Waals surface area contributed by atoms with Crippen molar-refractivity contribution in [3.8, 4) is 11.3 Å². The van der Waals surface area contributed by atoms with Crippen molar-refractivity contribution in [2.75, 3.05) is 12.4 Å². The Labute approximate surface area is 229 Å². The van der Waals surface area contributed by atoms with E-state index in [2.05, 4.69) is 31.1 Å². The lowest BCUT2D eigenvalue weighted by Gasteiger charge is -2.26. The minimum Gasteiger partial charge on any atom is -0.478 e. The summed E-state index contributed by atoms with van der Waals surface area (Å²) in [5, 5.41) is 13.9. The highest BCUT2D eigenvalue weighted by Gasteiger charge is 2.25. The average Bonchev–Trinajstić information content (AvgIpc) is 3.27. The summed E-state index contributed by atoms with van der Waals surface area (Å²) < 4.78 is 21.1. The Hall–Kier alpha value is -2.78. The second-order valence-corrected chi connectivity index (χ2v) is 11.3. The molecule has 1 amide bonds. The predicted molar refractivity (Wildman–Crippen MR) is 147 cm³/mol. The van der Waals surface area contributed by atoms with Gasteiger partial charge in [0.1, 0.15) is 5.82 Å². The molecule has 0 saturated heterocycles. The Bertz CT molecular complexity index is 1340. The standard InChI is InChI=1S/C27H27Cl2FN2O4S/c1-14(25(34)35)9-18-19(28)10-15(11-20(18)29)24(33)32-26-31-21(13-37-26)16-7-6-8-17(23(16)30)22(36-5)12-27(2,3)4/h6-11,13,22H,12H2,1-5H3,(H,34,35)(H,31,32,33)/b14-9+. The first kappa shape index (κ1) is 28.8. The van der Waals surface area contributed by atoms with Gasteiger partial charge in [0.25, 0.3) is 5.91 Å². The van der Waals surface area contributed by atoms with Crippen LogP contribution in [-0.4, -0.2) is 29.1 Å². The number of ether oxygens (including phenoxy) is 1. The quantitative estimate of drug-likeness (QED) is 0.269. The summed E-state index contributed by atoms with van der Waals surface area (Å²) in [6.07, 6.45) is 1.56. The van der Waals surface area contributed by atoms with E-state index in [1.165, 1.54) is 25.1 Å². The maximum Gasteiger partial charge on any atom is 0.331 e. The number of carbonyl (C=O) groups excluding carboxylic acids is 1. The maximum absolute atomic E-state index is 15.5. The number of thiazole rings is 1. The second kappa shape index (κ2) is 11.7. The molecule has 37 heavy (non-hydrogen) atoms. The minimum atomic E-state index is -1.11. The molecule has 6 nitrogen and oxygen atoms in total. The van der Waals surface area contributed by atoms with E-state index in [1.54, 1.807) is 30.7 Å². The van der Waals surface area contributed by atoms with Crippen LogP contribution in [0.5, 0.6) is 0 Å². The largest absolute Gasteiger partial charge is 0.478 e. The molecule has 2 aromatic carbocycles. The number of hydrogen-bond acceptors (Lipinski definition) is 5. The van der Waals surface area contributed by atoms with Gasteiger partial charge in [0.05, 0.1) is 21.8 Å². The van der Waals surface area contributed by atoms with E-state index in [0.29, 0.717) is 28.8 Å². The molecule has 0 fully saturated rings. The van der Waals surface area contributed by atoms with E-state index < -0.39 is 23.8 Å². The zero-order valence-electron chi connectivity index (χ0n) is 21.0. The number of carboxylic acids is 1. The van der Waals surface area contributed by atoms with Crippen LogP contribution in [0.1, 0.15) is 61.7 Å². The molecule has 0 aliphatic rings. The van der Waals surface area contributed by atoms with Crippen LogP contribution in [0, 0.1) is 11.2 Å². The van der Waals surface area contributed by atoms with Crippen molar-refractivity contribution in [2.24, 2.45) is 5.41 Å². The van der Waals surface area contributed by atoms with Crippen LogP contribution in [0.25, 0.3) is 17.3 Å². The number of benzene rings is 2. The fourth-order valence-corrected chi connectivity index (χ4v) is 4.93. The fourth-order valence-electron chi connectivity index (χ4n) is 3.63. The molecule has 3 rings (SSSR count). The summed E-state index contributed by atoms with van der Waals surface area (Å²) in [4.78, 5) is 28.3. The number of methoxy groups -OCH3 is 1. The van der Waals surface area contributed by atoms with Crippen molar-refractivity contribution in [3.05, 3.63) is 73.8 Å². The number of nitrogens with one attached hydrogen (secondary N) is 1.